The van der Waals surface area contributed by atoms with E-state index in [4.69, 9.17) is 16.0 Å². The van der Waals surface area contributed by atoms with Crippen LogP contribution in [0.25, 0.3) is 11.0 Å². The number of rotatable bonds is 4. The summed E-state index contributed by atoms with van der Waals surface area (Å²) in [4.78, 5) is 19.8. The minimum atomic E-state index is -0.115. The van der Waals surface area contributed by atoms with Crippen molar-refractivity contribution in [2.45, 2.75) is 53.5 Å². The lowest BCUT2D eigenvalue weighted by Crippen LogP contribution is -2.38. The molecule has 2 aromatic heterocycles. The predicted octanol–water partition coefficient (Wildman–Crippen LogP) is 7.02. The maximum atomic E-state index is 13.4. The molecule has 1 aromatic carbocycles. The van der Waals surface area contributed by atoms with E-state index in [9.17, 15) is 4.79 Å². The predicted molar refractivity (Wildman–Crippen MR) is 136 cm³/mol. The summed E-state index contributed by atoms with van der Waals surface area (Å²) in [6, 6.07) is 7.52. The summed E-state index contributed by atoms with van der Waals surface area (Å²) >= 11 is 9.46. The number of hydrogen-bond acceptors (Lipinski definition) is 5. The topological polar surface area (TPSA) is 58.4 Å². The number of halogens is 2. The molecule has 7 heteroatoms. The van der Waals surface area contributed by atoms with Gasteiger partial charge in [0.2, 0.25) is 5.88 Å². The minimum Gasteiger partial charge on any atom is -0.440 e. The van der Waals surface area contributed by atoms with Crippen LogP contribution < -0.4 is 15.6 Å². The highest BCUT2D eigenvalue weighted by atomic mass is 79.9. The molecule has 3 aromatic rings. The Bertz CT molecular complexity index is 1230. The van der Waals surface area contributed by atoms with Gasteiger partial charge in [0.05, 0.1) is 22.7 Å². The lowest BCUT2D eigenvalue weighted by molar-refractivity contribution is 0.274. The Labute approximate surface area is 202 Å². The van der Waals surface area contributed by atoms with Gasteiger partial charge in [-0.05, 0) is 78.7 Å². The van der Waals surface area contributed by atoms with Gasteiger partial charge < -0.3 is 14.6 Å². The molecule has 1 unspecified atom stereocenters. The average Bonchev–Trinajstić information content (AvgIpc) is 2.73. The Morgan fingerprint density at radius 2 is 1.91 bits per heavy atom. The number of nitrogens with zero attached hydrogens (tertiary/aromatic N) is 2. The standard InChI is InChI=1S/C25H29BrClN3O2/c1-14-12-17(16(3)28-19-6-7-20(27)29-23(19)26)22-18(13-14)21(31)15(2)24(32-22)30-10-8-25(4,5)9-11-30/h6-7,12-13,16,28H,8-11H2,1-5H3. The largest absolute Gasteiger partial charge is 0.440 e. The van der Waals surface area contributed by atoms with Gasteiger partial charge in [-0.15, -0.1) is 0 Å². The summed E-state index contributed by atoms with van der Waals surface area (Å²) in [5.74, 6) is 0.699. The van der Waals surface area contributed by atoms with Crippen LogP contribution in [-0.4, -0.2) is 18.1 Å². The fourth-order valence-corrected chi connectivity index (χ4v) is 5.01. The van der Waals surface area contributed by atoms with Crippen LogP contribution in [0.5, 0.6) is 0 Å². The van der Waals surface area contributed by atoms with Crippen molar-refractivity contribution in [3.8, 4) is 0 Å². The molecule has 0 aliphatic carbocycles. The summed E-state index contributed by atoms with van der Waals surface area (Å²) in [7, 11) is 0. The van der Waals surface area contributed by atoms with E-state index in [2.05, 4.69) is 58.0 Å². The normalized spacial score (nSPS) is 16.9. The molecule has 0 amide bonds. The summed E-state index contributed by atoms with van der Waals surface area (Å²) in [5.41, 5.74) is 4.47. The molecule has 3 heterocycles. The number of anilines is 2. The highest BCUT2D eigenvalue weighted by Gasteiger charge is 2.28. The van der Waals surface area contributed by atoms with Crippen LogP contribution in [0.1, 0.15) is 56.3 Å². The van der Waals surface area contributed by atoms with Crippen molar-refractivity contribution in [2.24, 2.45) is 5.41 Å². The SMILES string of the molecule is Cc1cc(C(C)Nc2ccc(Cl)nc2Br)c2oc(N3CCC(C)(C)CC3)c(C)c(=O)c2c1. The molecule has 1 saturated heterocycles. The van der Waals surface area contributed by atoms with Gasteiger partial charge in [0.1, 0.15) is 15.3 Å². The van der Waals surface area contributed by atoms with E-state index in [1.807, 2.05) is 26.0 Å². The zero-order chi connectivity index (χ0) is 23.2. The molecule has 1 aliphatic heterocycles. The highest BCUT2D eigenvalue weighted by Crippen LogP contribution is 2.36. The van der Waals surface area contributed by atoms with Gasteiger partial charge in [-0.2, -0.15) is 0 Å². The monoisotopic (exact) mass is 517 g/mol. The molecule has 170 valence electrons. The summed E-state index contributed by atoms with van der Waals surface area (Å²) in [6.07, 6.45) is 2.15. The molecule has 1 fully saturated rings. The number of fused-ring (bicyclic) bond motifs is 1. The van der Waals surface area contributed by atoms with E-state index in [1.165, 1.54) is 0 Å². The van der Waals surface area contributed by atoms with Gasteiger partial charge in [-0.3, -0.25) is 4.79 Å². The smallest absolute Gasteiger partial charge is 0.202 e. The third-order valence-electron chi connectivity index (χ3n) is 6.42. The molecule has 0 spiro atoms. The first-order valence-electron chi connectivity index (χ1n) is 11.0. The van der Waals surface area contributed by atoms with Crippen molar-refractivity contribution in [1.82, 2.24) is 4.98 Å². The lowest BCUT2D eigenvalue weighted by Gasteiger charge is -2.37. The molecule has 1 atom stereocenters. The maximum absolute atomic E-state index is 13.4. The van der Waals surface area contributed by atoms with Crippen LogP contribution in [0, 0.1) is 19.3 Å². The van der Waals surface area contributed by atoms with Gasteiger partial charge in [-0.25, -0.2) is 4.98 Å². The fraction of sp³-hybridized carbons (Fsp3) is 0.440. The van der Waals surface area contributed by atoms with Crippen molar-refractivity contribution >= 4 is 50.1 Å². The van der Waals surface area contributed by atoms with Crippen molar-refractivity contribution in [3.63, 3.8) is 0 Å². The molecule has 0 radical (unpaired) electrons. The number of nitrogens with one attached hydrogen (secondary N) is 1. The molecule has 0 saturated carbocycles. The molecule has 32 heavy (non-hydrogen) atoms. The molecule has 4 rings (SSSR count). The Hall–Kier alpha value is -2.05. The second-order valence-electron chi connectivity index (χ2n) is 9.58. The third-order valence-corrected chi connectivity index (χ3v) is 7.24. The summed E-state index contributed by atoms with van der Waals surface area (Å²) in [5, 5.41) is 4.52. The maximum Gasteiger partial charge on any atom is 0.202 e. The van der Waals surface area contributed by atoms with Crippen LogP contribution >= 0.6 is 27.5 Å². The number of pyridine rings is 1. The zero-order valence-corrected chi connectivity index (χ0v) is 21.5. The molecule has 1 N–H and O–H groups in total. The van der Waals surface area contributed by atoms with E-state index in [-0.39, 0.29) is 11.5 Å². The van der Waals surface area contributed by atoms with Crippen molar-refractivity contribution < 1.29 is 4.42 Å². The number of benzene rings is 1. The van der Waals surface area contributed by atoms with E-state index < -0.39 is 0 Å². The van der Waals surface area contributed by atoms with E-state index in [0.29, 0.717) is 37.6 Å². The first-order chi connectivity index (χ1) is 15.1. The molecule has 0 bridgehead atoms. The molecular weight excluding hydrogens is 490 g/mol. The van der Waals surface area contributed by atoms with E-state index in [1.54, 1.807) is 6.07 Å². The average molecular weight is 519 g/mol. The minimum absolute atomic E-state index is 0.0394. The van der Waals surface area contributed by atoms with Crippen LogP contribution in [0.15, 0.2) is 38.1 Å². The summed E-state index contributed by atoms with van der Waals surface area (Å²) in [6.45, 7) is 12.3. The van der Waals surface area contributed by atoms with Gasteiger partial charge in [-0.1, -0.05) is 31.5 Å². The second-order valence-corrected chi connectivity index (χ2v) is 10.7. The third kappa shape index (κ3) is 4.53. The number of aromatic nitrogens is 1. The van der Waals surface area contributed by atoms with Crippen LogP contribution in [0.3, 0.4) is 0 Å². The van der Waals surface area contributed by atoms with Crippen LogP contribution in [0.2, 0.25) is 5.15 Å². The Morgan fingerprint density at radius 3 is 2.56 bits per heavy atom. The Kier molecular flexibility index (Phi) is 6.29. The van der Waals surface area contributed by atoms with Gasteiger partial charge in [0.25, 0.3) is 0 Å². The van der Waals surface area contributed by atoms with E-state index in [0.717, 1.165) is 42.7 Å². The molecule has 1 aliphatic rings. The van der Waals surface area contributed by atoms with Crippen LogP contribution in [-0.2, 0) is 0 Å². The second kappa shape index (κ2) is 8.71. The van der Waals surface area contributed by atoms with Crippen molar-refractivity contribution in [3.05, 3.63) is 60.9 Å². The number of hydrogen-bond donors (Lipinski definition) is 1. The Morgan fingerprint density at radius 1 is 1.22 bits per heavy atom. The quantitative estimate of drug-likeness (QED) is 0.376. The highest BCUT2D eigenvalue weighted by molar-refractivity contribution is 9.10. The van der Waals surface area contributed by atoms with Crippen molar-refractivity contribution in [2.75, 3.05) is 23.3 Å². The molecular formula is C25H29BrClN3O2. The lowest BCUT2D eigenvalue weighted by atomic mass is 9.82. The first-order valence-corrected chi connectivity index (χ1v) is 12.1. The zero-order valence-electron chi connectivity index (χ0n) is 19.2. The number of piperidine rings is 1. The van der Waals surface area contributed by atoms with Gasteiger partial charge >= 0.3 is 0 Å². The van der Waals surface area contributed by atoms with Gasteiger partial charge in [0.15, 0.2) is 5.43 Å². The summed E-state index contributed by atoms with van der Waals surface area (Å²) < 4.78 is 7.15. The van der Waals surface area contributed by atoms with Crippen molar-refractivity contribution in [1.29, 1.82) is 0 Å². The first kappa shape index (κ1) is 23.1. The molecule has 5 nitrogen and oxygen atoms in total. The van der Waals surface area contributed by atoms with Gasteiger partial charge in [0, 0.05) is 18.7 Å². The van der Waals surface area contributed by atoms with Crippen LogP contribution in [0.4, 0.5) is 11.6 Å². The Balaban J connectivity index is 1.78. The number of aryl methyl sites for hydroxylation is 1. The van der Waals surface area contributed by atoms with E-state index >= 15 is 0 Å². The fourth-order valence-electron chi connectivity index (χ4n) is 4.33.